The van der Waals surface area contributed by atoms with Crippen LogP contribution < -0.4 is 20.9 Å². The Morgan fingerprint density at radius 3 is 1.39 bits per heavy atom. The Kier molecular flexibility index (Phi) is 6.63. The van der Waals surface area contributed by atoms with Crippen LogP contribution in [-0.2, 0) is 18.5 Å². The maximum Gasteiger partial charge on any atom is 0.422 e. The zero-order chi connectivity index (χ0) is 27.2. The fraction of sp³-hybridized carbons (Fsp3) is 0.143. The van der Waals surface area contributed by atoms with E-state index in [0.29, 0.717) is 24.3 Å². The van der Waals surface area contributed by atoms with Gasteiger partial charge >= 0.3 is 18.5 Å². The van der Waals surface area contributed by atoms with Crippen molar-refractivity contribution in [1.82, 2.24) is 0 Å². The molecule has 0 spiro atoms. The van der Waals surface area contributed by atoms with Crippen LogP contribution in [0.4, 0.5) is 59.7 Å². The van der Waals surface area contributed by atoms with Gasteiger partial charge in [-0.05, 0) is 24.3 Å². The molecule has 0 heterocycles. The molecular weight excluding hydrogens is 521 g/mol. The SMILES string of the molecule is Nc1cc(F)c(C(F)(F)F)c(Oc2ccc(C(F)(F)F)c(Oc3cc(N)cc(F)c3C(F)(F)F)c2)c1. The number of nitrogen functional groups attached to an aromatic ring is 2. The standard InChI is InChI=1S/C21H11F11N2O2/c22-12-3-8(33)5-15(17(12)20(27,28)29)35-10-1-2-11(19(24,25)26)14(7-10)36-16-6-9(34)4-13(23)18(16)21(30,31)32/h1-7H,33-34H2. The van der Waals surface area contributed by atoms with Crippen molar-refractivity contribution in [3.05, 3.63) is 70.8 Å². The largest absolute Gasteiger partial charge is 0.456 e. The first-order valence-corrected chi connectivity index (χ1v) is 9.27. The number of nitrogens with two attached hydrogens (primary N) is 2. The molecule has 3 rings (SSSR count). The quantitative estimate of drug-likeness (QED) is 0.266. The number of benzene rings is 3. The molecule has 4 nitrogen and oxygen atoms in total. The van der Waals surface area contributed by atoms with Gasteiger partial charge in [-0.15, -0.1) is 0 Å². The Labute approximate surface area is 193 Å². The third kappa shape index (κ3) is 5.66. The molecule has 4 N–H and O–H groups in total. The van der Waals surface area contributed by atoms with Gasteiger partial charge in [-0.3, -0.25) is 0 Å². The zero-order valence-corrected chi connectivity index (χ0v) is 17.2. The monoisotopic (exact) mass is 532 g/mol. The van der Waals surface area contributed by atoms with E-state index in [9.17, 15) is 48.3 Å². The second kappa shape index (κ2) is 8.95. The van der Waals surface area contributed by atoms with Crippen molar-refractivity contribution in [3.63, 3.8) is 0 Å². The molecule has 0 saturated heterocycles. The summed E-state index contributed by atoms with van der Waals surface area (Å²) in [6, 6.07) is 2.51. The molecule has 3 aromatic rings. The molecule has 36 heavy (non-hydrogen) atoms. The minimum Gasteiger partial charge on any atom is -0.456 e. The van der Waals surface area contributed by atoms with Gasteiger partial charge < -0.3 is 20.9 Å². The van der Waals surface area contributed by atoms with Gasteiger partial charge in [0, 0.05) is 29.6 Å². The minimum absolute atomic E-state index is 0.219. The molecule has 194 valence electrons. The first-order chi connectivity index (χ1) is 16.4. The lowest BCUT2D eigenvalue weighted by Crippen LogP contribution is -2.13. The third-order valence-electron chi connectivity index (χ3n) is 4.43. The summed E-state index contributed by atoms with van der Waals surface area (Å²) in [5.74, 6) is -8.78. The van der Waals surface area contributed by atoms with E-state index in [-0.39, 0.29) is 18.2 Å². The zero-order valence-electron chi connectivity index (χ0n) is 17.2. The van der Waals surface area contributed by atoms with Crippen molar-refractivity contribution < 1.29 is 57.8 Å². The average molecular weight is 532 g/mol. The van der Waals surface area contributed by atoms with Gasteiger partial charge in [0.15, 0.2) is 0 Å². The van der Waals surface area contributed by atoms with Crippen molar-refractivity contribution >= 4 is 11.4 Å². The summed E-state index contributed by atoms with van der Waals surface area (Å²) in [5.41, 5.74) is 3.68. The molecule has 0 aromatic heterocycles. The summed E-state index contributed by atoms with van der Waals surface area (Å²) in [5, 5.41) is 0. The Morgan fingerprint density at radius 2 is 0.972 bits per heavy atom. The van der Waals surface area contributed by atoms with E-state index in [1.807, 2.05) is 0 Å². The normalized spacial score (nSPS) is 12.5. The highest BCUT2D eigenvalue weighted by molar-refractivity contribution is 5.55. The highest BCUT2D eigenvalue weighted by Gasteiger charge is 2.41. The van der Waals surface area contributed by atoms with E-state index >= 15 is 0 Å². The van der Waals surface area contributed by atoms with Gasteiger partial charge in [0.2, 0.25) is 0 Å². The molecule has 0 bridgehead atoms. The molecular formula is C21H11F11N2O2. The Morgan fingerprint density at radius 1 is 0.528 bits per heavy atom. The van der Waals surface area contributed by atoms with Crippen LogP contribution in [0.5, 0.6) is 23.0 Å². The molecule has 0 aliphatic heterocycles. The van der Waals surface area contributed by atoms with E-state index in [4.69, 9.17) is 20.9 Å². The van der Waals surface area contributed by atoms with Crippen LogP contribution in [0, 0.1) is 11.6 Å². The molecule has 0 saturated carbocycles. The number of rotatable bonds is 4. The third-order valence-corrected chi connectivity index (χ3v) is 4.43. The van der Waals surface area contributed by atoms with E-state index < -0.39 is 81.2 Å². The smallest absolute Gasteiger partial charge is 0.422 e. The molecule has 0 aliphatic rings. The summed E-state index contributed by atoms with van der Waals surface area (Å²) < 4.78 is 158. The number of halogens is 11. The number of anilines is 2. The lowest BCUT2D eigenvalue weighted by Gasteiger charge is -2.19. The molecule has 0 amide bonds. The van der Waals surface area contributed by atoms with Crippen LogP contribution >= 0.6 is 0 Å². The molecule has 0 unspecified atom stereocenters. The first-order valence-electron chi connectivity index (χ1n) is 9.27. The van der Waals surface area contributed by atoms with Crippen LogP contribution in [-0.4, -0.2) is 0 Å². The maximum atomic E-state index is 14.0. The summed E-state index contributed by atoms with van der Waals surface area (Å²) >= 11 is 0. The molecule has 0 aliphatic carbocycles. The fourth-order valence-corrected chi connectivity index (χ4v) is 3.04. The summed E-state index contributed by atoms with van der Waals surface area (Å²) in [4.78, 5) is 0. The highest BCUT2D eigenvalue weighted by atomic mass is 19.4. The lowest BCUT2D eigenvalue weighted by molar-refractivity contribution is -0.142. The van der Waals surface area contributed by atoms with Crippen LogP contribution in [0.3, 0.4) is 0 Å². The van der Waals surface area contributed by atoms with Gasteiger partial charge in [-0.2, -0.15) is 39.5 Å². The number of hydrogen-bond donors (Lipinski definition) is 2. The van der Waals surface area contributed by atoms with E-state index in [1.165, 1.54) is 0 Å². The van der Waals surface area contributed by atoms with Gasteiger partial charge in [-0.1, -0.05) is 0 Å². The molecule has 0 atom stereocenters. The Bertz CT molecular complexity index is 1300. The van der Waals surface area contributed by atoms with Crippen molar-refractivity contribution in [2.75, 3.05) is 11.5 Å². The summed E-state index contributed by atoms with van der Waals surface area (Å²) in [6.07, 6.45) is -16.0. The molecule has 3 aromatic carbocycles. The van der Waals surface area contributed by atoms with E-state index in [1.54, 1.807) is 0 Å². The van der Waals surface area contributed by atoms with Crippen LogP contribution in [0.2, 0.25) is 0 Å². The number of ether oxygens (including phenoxy) is 2. The minimum atomic E-state index is -5.43. The molecule has 0 radical (unpaired) electrons. The second-order valence-electron chi connectivity index (χ2n) is 7.11. The maximum absolute atomic E-state index is 14.0. The van der Waals surface area contributed by atoms with Crippen molar-refractivity contribution in [1.29, 1.82) is 0 Å². The van der Waals surface area contributed by atoms with Crippen LogP contribution in [0.25, 0.3) is 0 Å². The number of alkyl halides is 9. The molecule has 15 heteroatoms. The lowest BCUT2D eigenvalue weighted by atomic mass is 10.1. The Hall–Kier alpha value is -3.91. The van der Waals surface area contributed by atoms with Gasteiger partial charge in [-0.25, -0.2) is 8.78 Å². The van der Waals surface area contributed by atoms with Crippen molar-refractivity contribution in [2.45, 2.75) is 18.5 Å². The predicted molar refractivity (Wildman–Crippen MR) is 103 cm³/mol. The van der Waals surface area contributed by atoms with Crippen molar-refractivity contribution in [2.24, 2.45) is 0 Å². The van der Waals surface area contributed by atoms with Gasteiger partial charge in [0.1, 0.15) is 45.8 Å². The first kappa shape index (κ1) is 26.7. The van der Waals surface area contributed by atoms with Gasteiger partial charge in [0.25, 0.3) is 0 Å². The topological polar surface area (TPSA) is 70.5 Å². The van der Waals surface area contributed by atoms with Crippen LogP contribution in [0.1, 0.15) is 16.7 Å². The fourth-order valence-electron chi connectivity index (χ4n) is 3.04. The van der Waals surface area contributed by atoms with E-state index in [0.717, 1.165) is 0 Å². The second-order valence-corrected chi connectivity index (χ2v) is 7.11. The Balaban J connectivity index is 2.17. The number of hydrogen-bond acceptors (Lipinski definition) is 4. The van der Waals surface area contributed by atoms with Gasteiger partial charge in [0.05, 0.1) is 5.56 Å². The summed E-state index contributed by atoms with van der Waals surface area (Å²) in [7, 11) is 0. The summed E-state index contributed by atoms with van der Waals surface area (Å²) in [6.45, 7) is 0. The van der Waals surface area contributed by atoms with Crippen LogP contribution in [0.15, 0.2) is 42.5 Å². The highest BCUT2D eigenvalue weighted by Crippen LogP contribution is 2.46. The van der Waals surface area contributed by atoms with Crippen molar-refractivity contribution in [3.8, 4) is 23.0 Å². The molecule has 0 fully saturated rings. The average Bonchev–Trinajstić information content (AvgIpc) is 2.63. The predicted octanol–water partition coefficient (Wildman–Crippen LogP) is 7.77. The van der Waals surface area contributed by atoms with E-state index in [2.05, 4.69) is 0 Å².